The van der Waals surface area contributed by atoms with Crippen molar-refractivity contribution >= 4 is 45.7 Å². The second kappa shape index (κ2) is 11.2. The quantitative estimate of drug-likeness (QED) is 0.269. The summed E-state index contributed by atoms with van der Waals surface area (Å²) >= 11 is 6.36. The second-order valence-electron chi connectivity index (χ2n) is 7.91. The zero-order valence-corrected chi connectivity index (χ0v) is 20.5. The number of hydrogen-bond donors (Lipinski definition) is 3. The number of nitrogens with one attached hydrogen (secondary N) is 3. The lowest BCUT2D eigenvalue weighted by atomic mass is 10.0. The molecule has 4 rings (SSSR count). The van der Waals surface area contributed by atoms with E-state index in [-0.39, 0.29) is 21.8 Å². The Kier molecular flexibility index (Phi) is 7.82. The van der Waals surface area contributed by atoms with Crippen LogP contribution in [-0.4, -0.2) is 35.8 Å². The number of anilines is 3. The van der Waals surface area contributed by atoms with E-state index in [0.717, 1.165) is 6.07 Å². The van der Waals surface area contributed by atoms with Gasteiger partial charge in [0.05, 0.1) is 22.8 Å². The summed E-state index contributed by atoms with van der Waals surface area (Å²) in [5, 5.41) is 9.03. The van der Waals surface area contributed by atoms with E-state index in [4.69, 9.17) is 16.3 Å². The summed E-state index contributed by atoms with van der Waals surface area (Å²) in [6, 6.07) is 14.0. The first-order valence-electron chi connectivity index (χ1n) is 11.3. The van der Waals surface area contributed by atoms with Gasteiger partial charge in [-0.25, -0.2) is 14.2 Å². The molecular formula is C26H25ClFN5O3. The number of fused-ring (bicyclic) bond motifs is 1. The number of hydrogen-bond acceptors (Lipinski definition) is 5. The highest BCUT2D eigenvalue weighted by molar-refractivity contribution is 6.33. The van der Waals surface area contributed by atoms with Gasteiger partial charge in [-0.05, 0) is 37.3 Å². The fourth-order valence-corrected chi connectivity index (χ4v) is 4.07. The highest BCUT2D eigenvalue weighted by Crippen LogP contribution is 2.32. The lowest BCUT2D eigenvalue weighted by Crippen LogP contribution is -2.22. The van der Waals surface area contributed by atoms with Crippen LogP contribution in [0.25, 0.3) is 22.0 Å². The minimum absolute atomic E-state index is 0.0476. The number of ether oxygens (including phenoxy) is 1. The zero-order valence-electron chi connectivity index (χ0n) is 19.8. The van der Waals surface area contributed by atoms with E-state index in [1.54, 1.807) is 54.3 Å². The van der Waals surface area contributed by atoms with Gasteiger partial charge in [-0.15, -0.1) is 0 Å². The van der Waals surface area contributed by atoms with Gasteiger partial charge >= 0.3 is 6.03 Å². The molecule has 2 aromatic heterocycles. The molecule has 36 heavy (non-hydrogen) atoms. The summed E-state index contributed by atoms with van der Waals surface area (Å²) in [4.78, 5) is 30.3. The summed E-state index contributed by atoms with van der Waals surface area (Å²) in [6.45, 7) is 3.34. The minimum atomic E-state index is -0.725. The molecule has 0 radical (unpaired) electrons. The van der Waals surface area contributed by atoms with Crippen molar-refractivity contribution in [2.24, 2.45) is 0 Å². The van der Waals surface area contributed by atoms with Crippen LogP contribution in [0.3, 0.4) is 0 Å². The van der Waals surface area contributed by atoms with E-state index in [2.05, 4.69) is 20.9 Å². The molecule has 0 atom stereocenters. The molecule has 0 unspecified atom stereocenters. The van der Waals surface area contributed by atoms with Crippen LogP contribution in [0.4, 0.5) is 26.4 Å². The van der Waals surface area contributed by atoms with Crippen molar-refractivity contribution in [1.29, 1.82) is 0 Å². The molecule has 2 heterocycles. The number of carbonyl (C=O) groups excluding carboxylic acids is 1. The molecule has 0 aliphatic rings. The Morgan fingerprint density at radius 3 is 2.61 bits per heavy atom. The summed E-state index contributed by atoms with van der Waals surface area (Å²) in [7, 11) is 1.61. The molecule has 0 fully saturated rings. The van der Waals surface area contributed by atoms with E-state index in [1.807, 2.05) is 13.0 Å². The summed E-state index contributed by atoms with van der Waals surface area (Å²) in [5.41, 5.74) is 1.40. The van der Waals surface area contributed by atoms with Crippen molar-refractivity contribution in [3.05, 3.63) is 82.0 Å². The Hall–Kier alpha value is -3.95. The first-order valence-corrected chi connectivity index (χ1v) is 11.7. The van der Waals surface area contributed by atoms with E-state index >= 15 is 0 Å². The van der Waals surface area contributed by atoms with Crippen molar-refractivity contribution in [3.63, 3.8) is 0 Å². The zero-order chi connectivity index (χ0) is 25.7. The Morgan fingerprint density at radius 1 is 1.11 bits per heavy atom. The number of rotatable bonds is 8. The van der Waals surface area contributed by atoms with Gasteiger partial charge in [0.15, 0.2) is 0 Å². The Labute approximate surface area is 212 Å². The van der Waals surface area contributed by atoms with Crippen LogP contribution >= 0.6 is 11.6 Å². The fraction of sp³-hybridized carbons (Fsp3) is 0.192. The molecule has 2 amide bonds. The standard InChI is InChI=1S/C26H25ClFN5O3/c1-3-33-23-14-24(29-9-10-36-2)30-15-16(23)11-19(25(33)34)18-12-22(21(28)13-20(18)27)32-26(35)31-17-7-5-4-6-8-17/h4-8,11-15H,3,9-10H2,1-2H3,(H,29,30)(H2,31,32,35). The first kappa shape index (κ1) is 25.2. The lowest BCUT2D eigenvalue weighted by molar-refractivity contribution is 0.210. The third kappa shape index (κ3) is 5.48. The molecule has 0 aliphatic carbocycles. The molecule has 0 saturated carbocycles. The molecule has 3 N–H and O–H groups in total. The van der Waals surface area contributed by atoms with Crippen LogP contribution in [0, 0.1) is 5.82 Å². The number of aromatic nitrogens is 2. The van der Waals surface area contributed by atoms with Crippen LogP contribution in [0.15, 0.2) is 65.6 Å². The summed E-state index contributed by atoms with van der Waals surface area (Å²) in [6.07, 6.45) is 1.66. The van der Waals surface area contributed by atoms with Crippen LogP contribution < -0.4 is 21.5 Å². The molecule has 0 spiro atoms. The molecule has 186 valence electrons. The Bertz CT molecular complexity index is 1460. The molecule has 10 heteroatoms. The lowest BCUT2D eigenvalue weighted by Gasteiger charge is -2.15. The second-order valence-corrected chi connectivity index (χ2v) is 8.32. The average Bonchev–Trinajstić information content (AvgIpc) is 2.86. The maximum absolute atomic E-state index is 14.7. The van der Waals surface area contributed by atoms with Crippen LogP contribution in [0.5, 0.6) is 0 Å². The summed E-state index contributed by atoms with van der Waals surface area (Å²) in [5.74, 6) is -0.110. The third-order valence-electron chi connectivity index (χ3n) is 5.53. The highest BCUT2D eigenvalue weighted by Gasteiger charge is 2.18. The number of aryl methyl sites for hydroxylation is 1. The Balaban J connectivity index is 1.71. The molecule has 8 nitrogen and oxygen atoms in total. The van der Waals surface area contributed by atoms with E-state index in [0.29, 0.717) is 47.7 Å². The monoisotopic (exact) mass is 509 g/mol. The van der Waals surface area contributed by atoms with Crippen molar-refractivity contribution in [2.45, 2.75) is 13.5 Å². The third-order valence-corrected chi connectivity index (χ3v) is 5.85. The number of nitrogens with zero attached hydrogens (tertiary/aromatic N) is 2. The van der Waals surface area contributed by atoms with Gasteiger partial charge < -0.3 is 25.3 Å². The van der Waals surface area contributed by atoms with Crippen molar-refractivity contribution in [3.8, 4) is 11.1 Å². The van der Waals surface area contributed by atoms with Gasteiger partial charge in [0, 0.05) is 54.7 Å². The predicted octanol–water partition coefficient (Wildman–Crippen LogP) is 5.58. The number of pyridine rings is 2. The molecular weight excluding hydrogens is 485 g/mol. The van der Waals surface area contributed by atoms with E-state index in [1.165, 1.54) is 6.07 Å². The predicted molar refractivity (Wildman–Crippen MR) is 142 cm³/mol. The number of urea groups is 1. The smallest absolute Gasteiger partial charge is 0.323 e. The molecule has 2 aromatic carbocycles. The number of methoxy groups -OCH3 is 1. The number of benzene rings is 2. The van der Waals surface area contributed by atoms with Crippen LogP contribution in [0.2, 0.25) is 5.02 Å². The van der Waals surface area contributed by atoms with E-state index < -0.39 is 11.8 Å². The van der Waals surface area contributed by atoms with Gasteiger partial charge in [-0.3, -0.25) is 4.79 Å². The summed E-state index contributed by atoms with van der Waals surface area (Å²) < 4.78 is 21.3. The van der Waals surface area contributed by atoms with Gasteiger partial charge in [-0.2, -0.15) is 0 Å². The largest absolute Gasteiger partial charge is 0.383 e. The first-order chi connectivity index (χ1) is 17.4. The molecule has 0 bridgehead atoms. The SMILES string of the molecule is CCn1c(=O)c(-c2cc(NC(=O)Nc3ccccc3)c(F)cc2Cl)cc2cnc(NCCOC)cc21. The maximum Gasteiger partial charge on any atom is 0.323 e. The normalized spacial score (nSPS) is 10.9. The average molecular weight is 510 g/mol. The van der Waals surface area contributed by atoms with Crippen LogP contribution in [-0.2, 0) is 11.3 Å². The van der Waals surface area contributed by atoms with Gasteiger partial charge in [0.2, 0.25) is 0 Å². The number of carbonyl (C=O) groups is 1. The topological polar surface area (TPSA) is 97.3 Å². The van der Waals surface area contributed by atoms with Crippen LogP contribution in [0.1, 0.15) is 6.92 Å². The van der Waals surface area contributed by atoms with E-state index in [9.17, 15) is 14.0 Å². The fourth-order valence-electron chi connectivity index (χ4n) is 3.81. The molecule has 0 aliphatic heterocycles. The van der Waals surface area contributed by atoms with Gasteiger partial charge in [0.1, 0.15) is 11.6 Å². The van der Waals surface area contributed by atoms with Crippen molar-refractivity contribution in [1.82, 2.24) is 9.55 Å². The van der Waals surface area contributed by atoms with Crippen molar-refractivity contribution in [2.75, 3.05) is 36.2 Å². The minimum Gasteiger partial charge on any atom is -0.383 e. The molecule has 0 saturated heterocycles. The highest BCUT2D eigenvalue weighted by atomic mass is 35.5. The van der Waals surface area contributed by atoms with Gasteiger partial charge in [0.25, 0.3) is 5.56 Å². The molecule has 4 aromatic rings. The number of amides is 2. The Morgan fingerprint density at radius 2 is 1.89 bits per heavy atom. The maximum atomic E-state index is 14.7. The van der Waals surface area contributed by atoms with Gasteiger partial charge in [-0.1, -0.05) is 29.8 Å². The number of para-hydroxylation sites is 1. The van der Waals surface area contributed by atoms with Crippen molar-refractivity contribution < 1.29 is 13.9 Å². The number of halogens is 2.